The van der Waals surface area contributed by atoms with Gasteiger partial charge in [-0.1, -0.05) is 38.5 Å². The SMILES string of the molecule is O=C(c1ccoc1Br)N(C1CCCCC1)C1CCCCC1. The second-order valence-electron chi connectivity index (χ2n) is 6.40. The van der Waals surface area contributed by atoms with Gasteiger partial charge in [-0.3, -0.25) is 4.79 Å². The molecule has 116 valence electrons. The van der Waals surface area contributed by atoms with Crippen LogP contribution in [0.25, 0.3) is 0 Å². The van der Waals surface area contributed by atoms with Crippen LogP contribution in [0, 0.1) is 0 Å². The first-order valence-electron chi connectivity index (χ1n) is 8.33. The third-order valence-electron chi connectivity index (χ3n) is 5.02. The molecule has 2 fully saturated rings. The second-order valence-corrected chi connectivity index (χ2v) is 7.12. The Hall–Kier alpha value is -0.770. The quantitative estimate of drug-likeness (QED) is 0.752. The van der Waals surface area contributed by atoms with Gasteiger partial charge in [-0.15, -0.1) is 0 Å². The van der Waals surface area contributed by atoms with Crippen molar-refractivity contribution < 1.29 is 9.21 Å². The molecule has 0 atom stereocenters. The topological polar surface area (TPSA) is 33.5 Å². The summed E-state index contributed by atoms with van der Waals surface area (Å²) in [4.78, 5) is 15.3. The van der Waals surface area contributed by atoms with Gasteiger partial charge >= 0.3 is 0 Å². The van der Waals surface area contributed by atoms with Crippen LogP contribution in [0.3, 0.4) is 0 Å². The Morgan fingerprint density at radius 3 is 1.95 bits per heavy atom. The summed E-state index contributed by atoms with van der Waals surface area (Å²) in [7, 11) is 0. The van der Waals surface area contributed by atoms with Crippen molar-refractivity contribution in [3.05, 3.63) is 22.6 Å². The fraction of sp³-hybridized carbons (Fsp3) is 0.706. The number of furan rings is 1. The van der Waals surface area contributed by atoms with E-state index in [1.807, 2.05) is 0 Å². The lowest BCUT2D eigenvalue weighted by atomic mass is 9.88. The minimum Gasteiger partial charge on any atom is -0.457 e. The predicted octanol–water partition coefficient (Wildman–Crippen LogP) is 5.15. The number of hydrogen-bond acceptors (Lipinski definition) is 2. The van der Waals surface area contributed by atoms with Gasteiger partial charge in [0.05, 0.1) is 11.8 Å². The van der Waals surface area contributed by atoms with Gasteiger partial charge in [0.25, 0.3) is 5.91 Å². The number of nitrogens with zero attached hydrogens (tertiary/aromatic N) is 1. The molecule has 0 aromatic carbocycles. The Labute approximate surface area is 135 Å². The molecule has 0 spiro atoms. The van der Waals surface area contributed by atoms with Crippen molar-refractivity contribution in [3.63, 3.8) is 0 Å². The van der Waals surface area contributed by atoms with Gasteiger partial charge < -0.3 is 9.32 Å². The van der Waals surface area contributed by atoms with Gasteiger partial charge in [0.2, 0.25) is 0 Å². The molecule has 21 heavy (non-hydrogen) atoms. The van der Waals surface area contributed by atoms with Crippen LogP contribution in [0.2, 0.25) is 0 Å². The first-order chi connectivity index (χ1) is 10.3. The van der Waals surface area contributed by atoms with Gasteiger partial charge in [-0.05, 0) is 47.7 Å². The van der Waals surface area contributed by atoms with Gasteiger partial charge in [0.15, 0.2) is 4.67 Å². The highest BCUT2D eigenvalue weighted by Crippen LogP contribution is 2.32. The molecule has 0 saturated heterocycles. The summed E-state index contributed by atoms with van der Waals surface area (Å²) in [5.41, 5.74) is 0.686. The Bertz CT molecular complexity index is 455. The van der Waals surface area contributed by atoms with E-state index in [9.17, 15) is 4.79 Å². The average Bonchev–Trinajstić information content (AvgIpc) is 2.96. The van der Waals surface area contributed by atoms with Crippen molar-refractivity contribution in [2.45, 2.75) is 76.3 Å². The molecule has 3 rings (SSSR count). The fourth-order valence-electron chi connectivity index (χ4n) is 3.93. The van der Waals surface area contributed by atoms with Crippen molar-refractivity contribution >= 4 is 21.8 Å². The van der Waals surface area contributed by atoms with Crippen LogP contribution in [0.15, 0.2) is 21.4 Å². The summed E-state index contributed by atoms with van der Waals surface area (Å²) in [6.45, 7) is 0. The van der Waals surface area contributed by atoms with E-state index in [1.165, 1.54) is 38.5 Å². The van der Waals surface area contributed by atoms with Crippen LogP contribution in [-0.2, 0) is 0 Å². The molecule has 0 aliphatic heterocycles. The number of halogens is 1. The summed E-state index contributed by atoms with van der Waals surface area (Å²) in [5.74, 6) is 0.162. The predicted molar refractivity (Wildman–Crippen MR) is 86.3 cm³/mol. The summed E-state index contributed by atoms with van der Waals surface area (Å²) in [5, 5.41) is 0. The number of carbonyl (C=O) groups excluding carboxylic acids is 1. The molecular weight excluding hydrogens is 330 g/mol. The lowest BCUT2D eigenvalue weighted by molar-refractivity contribution is 0.0446. The number of carbonyl (C=O) groups is 1. The van der Waals surface area contributed by atoms with Crippen molar-refractivity contribution in [3.8, 4) is 0 Å². The van der Waals surface area contributed by atoms with Crippen LogP contribution < -0.4 is 0 Å². The first-order valence-corrected chi connectivity index (χ1v) is 9.12. The highest BCUT2D eigenvalue weighted by molar-refractivity contribution is 9.10. The van der Waals surface area contributed by atoms with Crippen LogP contribution in [-0.4, -0.2) is 22.9 Å². The summed E-state index contributed by atoms with van der Waals surface area (Å²) in [6, 6.07) is 2.65. The maximum Gasteiger partial charge on any atom is 0.258 e. The third kappa shape index (κ3) is 3.36. The van der Waals surface area contributed by atoms with E-state index in [2.05, 4.69) is 20.8 Å². The third-order valence-corrected chi connectivity index (χ3v) is 5.63. The maximum atomic E-state index is 13.1. The highest BCUT2D eigenvalue weighted by atomic mass is 79.9. The van der Waals surface area contributed by atoms with E-state index in [0.29, 0.717) is 22.3 Å². The smallest absolute Gasteiger partial charge is 0.258 e. The van der Waals surface area contributed by atoms with E-state index in [1.54, 1.807) is 12.3 Å². The van der Waals surface area contributed by atoms with Gasteiger partial charge in [0.1, 0.15) is 0 Å². The van der Waals surface area contributed by atoms with Crippen molar-refractivity contribution in [2.24, 2.45) is 0 Å². The lowest BCUT2D eigenvalue weighted by Gasteiger charge is -2.41. The van der Waals surface area contributed by atoms with Gasteiger partial charge in [-0.25, -0.2) is 0 Å². The monoisotopic (exact) mass is 353 g/mol. The molecule has 1 aromatic heterocycles. The summed E-state index contributed by atoms with van der Waals surface area (Å²) in [6.07, 6.45) is 13.9. The molecule has 2 saturated carbocycles. The Morgan fingerprint density at radius 1 is 1.00 bits per heavy atom. The maximum absolute atomic E-state index is 13.1. The molecule has 1 heterocycles. The van der Waals surface area contributed by atoms with E-state index in [-0.39, 0.29) is 5.91 Å². The number of amides is 1. The van der Waals surface area contributed by atoms with E-state index in [4.69, 9.17) is 4.42 Å². The molecule has 3 nitrogen and oxygen atoms in total. The van der Waals surface area contributed by atoms with Gasteiger partial charge in [0, 0.05) is 12.1 Å². The van der Waals surface area contributed by atoms with Crippen LogP contribution >= 0.6 is 15.9 Å². The molecule has 0 N–H and O–H groups in total. The van der Waals surface area contributed by atoms with Crippen molar-refractivity contribution in [2.75, 3.05) is 0 Å². The molecule has 0 radical (unpaired) electrons. The fourth-order valence-corrected chi connectivity index (χ4v) is 4.34. The molecule has 4 heteroatoms. The Balaban J connectivity index is 1.83. The average molecular weight is 354 g/mol. The van der Waals surface area contributed by atoms with Crippen molar-refractivity contribution in [1.29, 1.82) is 0 Å². The summed E-state index contributed by atoms with van der Waals surface area (Å²) >= 11 is 3.37. The Kier molecular flexibility index (Phi) is 5.04. The molecule has 0 unspecified atom stereocenters. The lowest BCUT2D eigenvalue weighted by Crippen LogP contribution is -2.48. The van der Waals surface area contributed by atoms with Crippen LogP contribution in [0.4, 0.5) is 0 Å². The highest BCUT2D eigenvalue weighted by Gasteiger charge is 2.34. The summed E-state index contributed by atoms with van der Waals surface area (Å²) < 4.78 is 5.85. The molecule has 0 bridgehead atoms. The molecule has 1 amide bonds. The molecule has 2 aliphatic rings. The standard InChI is InChI=1S/C17H24BrNO2/c18-16-15(11-12-21-16)17(20)19(13-7-3-1-4-8-13)14-9-5-2-6-10-14/h11-14H,1-10H2. The normalized spacial score (nSPS) is 21.4. The van der Waals surface area contributed by atoms with E-state index >= 15 is 0 Å². The molecular formula is C17H24BrNO2. The first kappa shape index (κ1) is 15.1. The number of hydrogen-bond donors (Lipinski definition) is 0. The Morgan fingerprint density at radius 2 is 1.52 bits per heavy atom. The largest absolute Gasteiger partial charge is 0.457 e. The molecule has 2 aliphatic carbocycles. The van der Waals surface area contributed by atoms with E-state index in [0.717, 1.165) is 25.7 Å². The van der Waals surface area contributed by atoms with Crippen LogP contribution in [0.1, 0.15) is 74.6 Å². The van der Waals surface area contributed by atoms with Crippen molar-refractivity contribution in [1.82, 2.24) is 4.90 Å². The minimum absolute atomic E-state index is 0.162. The molecule has 1 aromatic rings. The van der Waals surface area contributed by atoms with Gasteiger partial charge in [-0.2, -0.15) is 0 Å². The zero-order valence-corrected chi connectivity index (χ0v) is 14.1. The zero-order chi connectivity index (χ0) is 14.7. The van der Waals surface area contributed by atoms with Crippen LogP contribution in [0.5, 0.6) is 0 Å². The number of rotatable bonds is 3. The van der Waals surface area contributed by atoms with E-state index < -0.39 is 0 Å². The minimum atomic E-state index is 0.162. The zero-order valence-electron chi connectivity index (χ0n) is 12.5. The second kappa shape index (κ2) is 6.99.